The average Bonchev–Trinajstić information content (AvgIpc) is 2.88. The van der Waals surface area contributed by atoms with Gasteiger partial charge in [0.25, 0.3) is 0 Å². The molecule has 1 unspecified atom stereocenters. The summed E-state index contributed by atoms with van der Waals surface area (Å²) >= 11 is 0. The Morgan fingerprint density at radius 1 is 1.28 bits per heavy atom. The summed E-state index contributed by atoms with van der Waals surface area (Å²) in [5.41, 5.74) is 1.81. The van der Waals surface area contributed by atoms with Crippen molar-refractivity contribution in [3.05, 3.63) is 23.3 Å². The van der Waals surface area contributed by atoms with E-state index < -0.39 is 0 Å². The van der Waals surface area contributed by atoms with Crippen LogP contribution in [-0.2, 0) is 5.41 Å². The predicted octanol–water partition coefficient (Wildman–Crippen LogP) is 1.24. The van der Waals surface area contributed by atoms with Gasteiger partial charge in [-0.05, 0) is 37.6 Å². The van der Waals surface area contributed by atoms with Gasteiger partial charge in [0, 0.05) is 17.5 Å². The van der Waals surface area contributed by atoms with Crippen molar-refractivity contribution in [1.29, 1.82) is 0 Å². The Morgan fingerprint density at radius 2 is 2.00 bits per heavy atom. The SMILES string of the molecule is COc1cc(C2(CO)CCNC2)c(OC)cc1C. The van der Waals surface area contributed by atoms with Crippen molar-refractivity contribution in [2.24, 2.45) is 0 Å². The number of ether oxygens (including phenoxy) is 2. The van der Waals surface area contributed by atoms with Crippen molar-refractivity contribution in [2.75, 3.05) is 33.9 Å². The van der Waals surface area contributed by atoms with Crippen LogP contribution in [0.2, 0.25) is 0 Å². The van der Waals surface area contributed by atoms with Crippen LogP contribution in [-0.4, -0.2) is 39.0 Å². The van der Waals surface area contributed by atoms with Gasteiger partial charge in [-0.15, -0.1) is 0 Å². The first kappa shape index (κ1) is 13.2. The highest BCUT2D eigenvalue weighted by Crippen LogP contribution is 2.39. The summed E-state index contributed by atoms with van der Waals surface area (Å²) in [5.74, 6) is 1.66. The second-order valence-electron chi connectivity index (χ2n) is 4.89. The van der Waals surface area contributed by atoms with Crippen molar-refractivity contribution in [3.63, 3.8) is 0 Å². The maximum Gasteiger partial charge on any atom is 0.123 e. The zero-order valence-electron chi connectivity index (χ0n) is 11.2. The molecular formula is C14H21NO3. The fraction of sp³-hybridized carbons (Fsp3) is 0.571. The Labute approximate surface area is 108 Å². The van der Waals surface area contributed by atoms with Gasteiger partial charge in [0.05, 0.1) is 20.8 Å². The lowest BCUT2D eigenvalue weighted by Crippen LogP contribution is -2.33. The summed E-state index contributed by atoms with van der Waals surface area (Å²) in [6, 6.07) is 3.97. The molecule has 1 saturated heterocycles. The van der Waals surface area contributed by atoms with Gasteiger partial charge in [0.1, 0.15) is 11.5 Å². The number of rotatable bonds is 4. The highest BCUT2D eigenvalue weighted by atomic mass is 16.5. The van der Waals surface area contributed by atoms with E-state index in [4.69, 9.17) is 9.47 Å². The molecule has 4 heteroatoms. The van der Waals surface area contributed by atoms with Crippen LogP contribution in [0.5, 0.6) is 11.5 Å². The van der Waals surface area contributed by atoms with E-state index in [0.717, 1.165) is 42.1 Å². The minimum Gasteiger partial charge on any atom is -0.496 e. The number of hydrogen-bond donors (Lipinski definition) is 2. The third kappa shape index (κ3) is 2.06. The van der Waals surface area contributed by atoms with Crippen LogP contribution in [0.3, 0.4) is 0 Å². The Hall–Kier alpha value is -1.26. The molecule has 0 aromatic heterocycles. The quantitative estimate of drug-likeness (QED) is 0.845. The smallest absolute Gasteiger partial charge is 0.123 e. The topological polar surface area (TPSA) is 50.7 Å². The molecule has 0 aliphatic carbocycles. The highest BCUT2D eigenvalue weighted by molar-refractivity contribution is 5.50. The molecule has 1 fully saturated rings. The lowest BCUT2D eigenvalue weighted by molar-refractivity contribution is 0.201. The van der Waals surface area contributed by atoms with Crippen molar-refractivity contribution < 1.29 is 14.6 Å². The first-order valence-corrected chi connectivity index (χ1v) is 6.21. The molecule has 1 heterocycles. The molecule has 1 aromatic carbocycles. The van der Waals surface area contributed by atoms with Crippen LogP contribution >= 0.6 is 0 Å². The van der Waals surface area contributed by atoms with E-state index in [0.29, 0.717) is 0 Å². The van der Waals surface area contributed by atoms with Crippen LogP contribution in [0.4, 0.5) is 0 Å². The second kappa shape index (κ2) is 5.16. The molecule has 2 N–H and O–H groups in total. The Morgan fingerprint density at radius 3 is 2.50 bits per heavy atom. The zero-order valence-corrected chi connectivity index (χ0v) is 11.2. The summed E-state index contributed by atoms with van der Waals surface area (Å²) in [6.07, 6.45) is 0.909. The summed E-state index contributed by atoms with van der Waals surface area (Å²) < 4.78 is 10.8. The maximum absolute atomic E-state index is 9.79. The number of hydrogen-bond acceptors (Lipinski definition) is 4. The minimum absolute atomic E-state index is 0.114. The number of methoxy groups -OCH3 is 2. The lowest BCUT2D eigenvalue weighted by atomic mass is 9.79. The Bertz CT molecular complexity index is 425. The monoisotopic (exact) mass is 251 g/mol. The Balaban J connectivity index is 2.53. The molecule has 0 radical (unpaired) electrons. The molecule has 0 bridgehead atoms. The number of aliphatic hydroxyl groups excluding tert-OH is 1. The average molecular weight is 251 g/mol. The number of aryl methyl sites for hydroxylation is 1. The summed E-state index contributed by atoms with van der Waals surface area (Å²) in [6.45, 7) is 3.79. The highest BCUT2D eigenvalue weighted by Gasteiger charge is 2.38. The summed E-state index contributed by atoms with van der Waals surface area (Å²) in [7, 11) is 3.33. The number of benzene rings is 1. The van der Waals surface area contributed by atoms with Crippen LogP contribution in [0.15, 0.2) is 12.1 Å². The van der Waals surface area contributed by atoms with Gasteiger partial charge in [-0.1, -0.05) is 0 Å². The summed E-state index contributed by atoms with van der Waals surface area (Å²) in [5, 5.41) is 13.1. The van der Waals surface area contributed by atoms with E-state index in [1.165, 1.54) is 0 Å². The molecule has 2 rings (SSSR count). The van der Waals surface area contributed by atoms with Crippen LogP contribution in [0, 0.1) is 6.92 Å². The molecule has 1 aromatic rings. The normalized spacial score (nSPS) is 23.1. The van der Waals surface area contributed by atoms with Crippen molar-refractivity contribution in [1.82, 2.24) is 5.32 Å². The molecule has 0 spiro atoms. The van der Waals surface area contributed by atoms with Gasteiger partial charge in [0.2, 0.25) is 0 Å². The van der Waals surface area contributed by atoms with Gasteiger partial charge in [-0.2, -0.15) is 0 Å². The maximum atomic E-state index is 9.79. The zero-order chi connectivity index (χ0) is 13.2. The summed E-state index contributed by atoms with van der Waals surface area (Å²) in [4.78, 5) is 0. The largest absolute Gasteiger partial charge is 0.496 e. The molecule has 1 aliphatic rings. The number of nitrogens with one attached hydrogen (secondary N) is 1. The molecule has 1 aliphatic heterocycles. The molecule has 1 atom stereocenters. The molecule has 0 amide bonds. The van der Waals surface area contributed by atoms with Crippen molar-refractivity contribution in [3.8, 4) is 11.5 Å². The van der Waals surface area contributed by atoms with Crippen LogP contribution in [0.25, 0.3) is 0 Å². The van der Waals surface area contributed by atoms with E-state index >= 15 is 0 Å². The molecule has 100 valence electrons. The predicted molar refractivity (Wildman–Crippen MR) is 70.5 cm³/mol. The lowest BCUT2D eigenvalue weighted by Gasteiger charge is -2.29. The third-order valence-corrected chi connectivity index (χ3v) is 3.83. The second-order valence-corrected chi connectivity index (χ2v) is 4.89. The first-order valence-electron chi connectivity index (χ1n) is 6.21. The van der Waals surface area contributed by atoms with E-state index in [-0.39, 0.29) is 12.0 Å². The van der Waals surface area contributed by atoms with Crippen molar-refractivity contribution in [2.45, 2.75) is 18.8 Å². The van der Waals surface area contributed by atoms with E-state index in [2.05, 4.69) is 5.32 Å². The van der Waals surface area contributed by atoms with Gasteiger partial charge in [-0.3, -0.25) is 0 Å². The Kier molecular flexibility index (Phi) is 3.78. The number of aliphatic hydroxyl groups is 1. The van der Waals surface area contributed by atoms with E-state index in [1.807, 2.05) is 19.1 Å². The van der Waals surface area contributed by atoms with Gasteiger partial charge >= 0.3 is 0 Å². The molecule has 18 heavy (non-hydrogen) atoms. The van der Waals surface area contributed by atoms with E-state index in [9.17, 15) is 5.11 Å². The first-order chi connectivity index (χ1) is 8.66. The minimum atomic E-state index is -0.258. The third-order valence-electron chi connectivity index (χ3n) is 3.83. The molecule has 4 nitrogen and oxygen atoms in total. The van der Waals surface area contributed by atoms with Gasteiger partial charge in [0.15, 0.2) is 0 Å². The molecule has 0 saturated carbocycles. The van der Waals surface area contributed by atoms with E-state index in [1.54, 1.807) is 14.2 Å². The fourth-order valence-electron chi connectivity index (χ4n) is 2.66. The van der Waals surface area contributed by atoms with Crippen molar-refractivity contribution >= 4 is 0 Å². The van der Waals surface area contributed by atoms with Gasteiger partial charge < -0.3 is 19.9 Å². The van der Waals surface area contributed by atoms with Crippen LogP contribution in [0.1, 0.15) is 17.5 Å². The van der Waals surface area contributed by atoms with Gasteiger partial charge in [-0.25, -0.2) is 0 Å². The molecular weight excluding hydrogens is 230 g/mol. The van der Waals surface area contributed by atoms with Crippen LogP contribution < -0.4 is 14.8 Å². The standard InChI is InChI=1S/C14H21NO3/c1-10-6-13(18-3)11(7-12(10)17-2)14(9-16)4-5-15-8-14/h6-7,15-16H,4-5,8-9H2,1-3H3. The fourth-order valence-corrected chi connectivity index (χ4v) is 2.66.